The molecule has 0 radical (unpaired) electrons. The molecule has 0 spiro atoms. The van der Waals surface area contributed by atoms with Gasteiger partial charge in [0.05, 0.1) is 26.4 Å². The summed E-state index contributed by atoms with van der Waals surface area (Å²) in [6, 6.07) is 0. The Balaban J connectivity index is 2.71. The Kier molecular flexibility index (Phi) is 4.38. The fourth-order valence-corrected chi connectivity index (χ4v) is 2.92. The van der Waals surface area contributed by atoms with E-state index in [9.17, 15) is 4.79 Å². The van der Waals surface area contributed by atoms with Crippen molar-refractivity contribution >= 4 is 14.3 Å². The molecule has 4 nitrogen and oxygen atoms in total. The van der Waals surface area contributed by atoms with Gasteiger partial charge in [0.1, 0.15) is 5.92 Å². The standard InChI is InChI=1S/C12H24O4Si/c1-12(2,3)17(5,6)16-10-8-15-7-9(10)11(13)14-4/h9-10H,7-8H2,1-6H3. The SMILES string of the molecule is COC(=O)C1COCC1O[Si](C)(C)C(C)(C)C. The first kappa shape index (κ1) is 14.7. The van der Waals surface area contributed by atoms with Gasteiger partial charge < -0.3 is 13.9 Å². The van der Waals surface area contributed by atoms with Crippen LogP contribution in [0, 0.1) is 5.92 Å². The van der Waals surface area contributed by atoms with Gasteiger partial charge in [0.25, 0.3) is 0 Å². The van der Waals surface area contributed by atoms with Gasteiger partial charge >= 0.3 is 5.97 Å². The first-order valence-electron chi connectivity index (χ1n) is 6.02. The predicted octanol–water partition coefficient (Wildman–Crippen LogP) is 2.20. The summed E-state index contributed by atoms with van der Waals surface area (Å²) in [6.45, 7) is 11.8. The maximum absolute atomic E-state index is 11.6. The summed E-state index contributed by atoms with van der Waals surface area (Å²) in [5.41, 5.74) is 0. The molecule has 2 atom stereocenters. The maximum Gasteiger partial charge on any atom is 0.313 e. The molecule has 0 aromatic rings. The molecule has 100 valence electrons. The zero-order valence-corrected chi connectivity index (χ0v) is 12.7. The molecule has 1 aliphatic heterocycles. The molecular weight excluding hydrogens is 236 g/mol. The second kappa shape index (κ2) is 5.08. The Morgan fingerprint density at radius 3 is 2.35 bits per heavy atom. The summed E-state index contributed by atoms with van der Waals surface area (Å²) >= 11 is 0. The monoisotopic (exact) mass is 260 g/mol. The molecule has 2 unspecified atom stereocenters. The summed E-state index contributed by atoms with van der Waals surface area (Å²) in [7, 11) is -0.451. The molecule has 5 heteroatoms. The third-order valence-corrected chi connectivity index (χ3v) is 8.29. The van der Waals surface area contributed by atoms with Crippen LogP contribution in [0.2, 0.25) is 18.1 Å². The molecule has 0 aliphatic carbocycles. The highest BCUT2D eigenvalue weighted by Gasteiger charge is 2.44. The molecule has 0 saturated carbocycles. The summed E-state index contributed by atoms with van der Waals surface area (Å²) in [5, 5.41) is 0.135. The van der Waals surface area contributed by atoms with Gasteiger partial charge in [-0.3, -0.25) is 4.79 Å². The number of esters is 1. The highest BCUT2D eigenvalue weighted by atomic mass is 28.4. The zero-order valence-electron chi connectivity index (χ0n) is 11.7. The molecule has 0 aromatic heterocycles. The molecule has 17 heavy (non-hydrogen) atoms. The van der Waals surface area contributed by atoms with Crippen LogP contribution in [0.5, 0.6) is 0 Å². The third kappa shape index (κ3) is 3.30. The smallest absolute Gasteiger partial charge is 0.313 e. The minimum Gasteiger partial charge on any atom is -0.469 e. The highest BCUT2D eigenvalue weighted by Crippen LogP contribution is 2.38. The predicted molar refractivity (Wildman–Crippen MR) is 68.4 cm³/mol. The first-order chi connectivity index (χ1) is 7.69. The van der Waals surface area contributed by atoms with Crippen molar-refractivity contribution in [3.05, 3.63) is 0 Å². The van der Waals surface area contributed by atoms with Crippen molar-refractivity contribution in [3.8, 4) is 0 Å². The van der Waals surface area contributed by atoms with Crippen LogP contribution in [0.4, 0.5) is 0 Å². The van der Waals surface area contributed by atoms with Gasteiger partial charge in [-0.15, -0.1) is 0 Å². The summed E-state index contributed by atoms with van der Waals surface area (Å²) in [5.74, 6) is -0.500. The van der Waals surface area contributed by atoms with E-state index < -0.39 is 8.32 Å². The lowest BCUT2D eigenvalue weighted by atomic mass is 10.1. The average Bonchev–Trinajstić information content (AvgIpc) is 2.62. The Labute approximate surface area is 105 Å². The van der Waals surface area contributed by atoms with Crippen LogP contribution in [-0.2, 0) is 18.7 Å². The Hall–Kier alpha value is -0.393. The molecule has 0 N–H and O–H groups in total. The number of carbonyl (C=O) groups excluding carboxylic acids is 1. The van der Waals surface area contributed by atoms with Gasteiger partial charge in [-0.1, -0.05) is 20.8 Å². The fourth-order valence-electron chi connectivity index (χ4n) is 1.58. The molecule has 0 bridgehead atoms. The van der Waals surface area contributed by atoms with Crippen molar-refractivity contribution < 1.29 is 18.7 Å². The van der Waals surface area contributed by atoms with Crippen LogP contribution in [0.3, 0.4) is 0 Å². The fraction of sp³-hybridized carbons (Fsp3) is 0.917. The number of ether oxygens (including phenoxy) is 2. The quantitative estimate of drug-likeness (QED) is 0.576. The molecule has 1 saturated heterocycles. The van der Waals surface area contributed by atoms with E-state index in [2.05, 4.69) is 33.9 Å². The van der Waals surface area contributed by atoms with Crippen LogP contribution in [0.15, 0.2) is 0 Å². The van der Waals surface area contributed by atoms with Crippen molar-refractivity contribution in [2.45, 2.75) is 45.0 Å². The van der Waals surface area contributed by atoms with E-state index >= 15 is 0 Å². The van der Waals surface area contributed by atoms with Gasteiger partial charge in [0.15, 0.2) is 8.32 Å². The zero-order chi connectivity index (χ0) is 13.3. The Morgan fingerprint density at radius 2 is 1.88 bits per heavy atom. The van der Waals surface area contributed by atoms with Crippen molar-refractivity contribution in [1.29, 1.82) is 0 Å². The van der Waals surface area contributed by atoms with Gasteiger partial charge in [0.2, 0.25) is 0 Å². The topological polar surface area (TPSA) is 44.8 Å². The lowest BCUT2D eigenvalue weighted by Crippen LogP contribution is -2.46. The van der Waals surface area contributed by atoms with Crippen LogP contribution >= 0.6 is 0 Å². The number of rotatable bonds is 3. The largest absolute Gasteiger partial charge is 0.469 e. The van der Waals surface area contributed by atoms with Crippen molar-refractivity contribution in [2.75, 3.05) is 20.3 Å². The summed E-state index contributed by atoms with van der Waals surface area (Å²) in [4.78, 5) is 11.6. The van der Waals surface area contributed by atoms with Crippen LogP contribution in [0.1, 0.15) is 20.8 Å². The maximum atomic E-state index is 11.6. The normalized spacial score (nSPS) is 26.0. The average molecular weight is 260 g/mol. The molecule has 0 aromatic carbocycles. The van der Waals surface area contributed by atoms with E-state index in [-0.39, 0.29) is 23.0 Å². The second-order valence-corrected chi connectivity index (χ2v) is 10.8. The van der Waals surface area contributed by atoms with E-state index in [1.807, 2.05) is 0 Å². The minimum absolute atomic E-state index is 0.135. The van der Waals surface area contributed by atoms with E-state index in [4.69, 9.17) is 13.9 Å². The van der Waals surface area contributed by atoms with Crippen molar-refractivity contribution in [1.82, 2.24) is 0 Å². The van der Waals surface area contributed by atoms with E-state index in [0.717, 1.165) is 0 Å². The van der Waals surface area contributed by atoms with Gasteiger partial charge in [-0.05, 0) is 18.1 Å². The van der Waals surface area contributed by atoms with Gasteiger partial charge in [0, 0.05) is 0 Å². The lowest BCUT2D eigenvalue weighted by Gasteiger charge is -2.38. The Bertz CT molecular complexity index is 283. The highest BCUT2D eigenvalue weighted by molar-refractivity contribution is 6.74. The van der Waals surface area contributed by atoms with Crippen LogP contribution in [-0.4, -0.2) is 40.7 Å². The number of hydrogen-bond acceptors (Lipinski definition) is 4. The number of hydrogen-bond donors (Lipinski definition) is 0. The van der Waals surface area contributed by atoms with Crippen LogP contribution < -0.4 is 0 Å². The molecule has 1 fully saturated rings. The van der Waals surface area contributed by atoms with E-state index in [1.54, 1.807) is 0 Å². The molecule has 1 rings (SSSR count). The minimum atomic E-state index is -1.86. The van der Waals surface area contributed by atoms with Crippen molar-refractivity contribution in [2.24, 2.45) is 5.92 Å². The second-order valence-electron chi connectivity index (χ2n) is 6.08. The van der Waals surface area contributed by atoms with Crippen molar-refractivity contribution in [3.63, 3.8) is 0 Å². The number of carbonyl (C=O) groups is 1. The molecular formula is C12H24O4Si. The molecule has 1 aliphatic rings. The van der Waals surface area contributed by atoms with E-state index in [1.165, 1.54) is 7.11 Å². The van der Waals surface area contributed by atoms with Crippen LogP contribution in [0.25, 0.3) is 0 Å². The number of methoxy groups -OCH3 is 1. The van der Waals surface area contributed by atoms with Gasteiger partial charge in [-0.2, -0.15) is 0 Å². The van der Waals surface area contributed by atoms with Gasteiger partial charge in [-0.25, -0.2) is 0 Å². The molecule has 0 amide bonds. The summed E-state index contributed by atoms with van der Waals surface area (Å²) in [6.07, 6.45) is -0.150. The first-order valence-corrected chi connectivity index (χ1v) is 8.93. The molecule has 1 heterocycles. The summed E-state index contributed by atoms with van der Waals surface area (Å²) < 4.78 is 16.3. The Morgan fingerprint density at radius 1 is 1.29 bits per heavy atom. The third-order valence-electron chi connectivity index (χ3n) is 3.78. The van der Waals surface area contributed by atoms with E-state index in [0.29, 0.717) is 13.2 Å². The lowest BCUT2D eigenvalue weighted by molar-refractivity contribution is -0.147.